The van der Waals surface area contributed by atoms with Gasteiger partial charge in [-0.3, -0.25) is 9.59 Å². The van der Waals surface area contributed by atoms with E-state index in [2.05, 4.69) is 29.7 Å². The molecule has 0 aromatic carbocycles. The molecule has 1 aliphatic carbocycles. The summed E-state index contributed by atoms with van der Waals surface area (Å²) in [5.74, 6) is 1.96. The van der Waals surface area contributed by atoms with Gasteiger partial charge in [0.25, 0.3) is 0 Å². The highest BCUT2D eigenvalue weighted by molar-refractivity contribution is 6.06. The Bertz CT molecular complexity index is 912. The Morgan fingerprint density at radius 1 is 0.900 bits per heavy atom. The van der Waals surface area contributed by atoms with Crippen LogP contribution >= 0.6 is 0 Å². The smallest absolute Gasteiger partial charge is 0.235 e. The van der Waals surface area contributed by atoms with Gasteiger partial charge in [-0.1, -0.05) is 6.42 Å². The molecule has 160 valence electrons. The summed E-state index contributed by atoms with van der Waals surface area (Å²) in [6.45, 7) is 5.44. The summed E-state index contributed by atoms with van der Waals surface area (Å²) >= 11 is 0. The molecule has 1 saturated carbocycles. The van der Waals surface area contributed by atoms with Gasteiger partial charge < -0.3 is 19.8 Å². The maximum Gasteiger partial charge on any atom is 0.235 e. The largest absolute Gasteiger partial charge is 0.351 e. The molecule has 0 radical (unpaired) electrons. The first kappa shape index (κ1) is 19.3. The molecule has 2 amide bonds. The number of aromatic nitrogens is 4. The van der Waals surface area contributed by atoms with Crippen LogP contribution < -0.4 is 10.6 Å². The first-order valence-electron chi connectivity index (χ1n) is 11.1. The average molecular weight is 411 g/mol. The zero-order chi connectivity index (χ0) is 20.9. The number of imidazole rings is 2. The van der Waals surface area contributed by atoms with Gasteiger partial charge in [-0.15, -0.1) is 0 Å². The lowest BCUT2D eigenvalue weighted by Gasteiger charge is -2.41. The van der Waals surface area contributed by atoms with Crippen molar-refractivity contribution in [3.8, 4) is 0 Å². The molecular weight excluding hydrogens is 380 g/mol. The lowest BCUT2D eigenvalue weighted by molar-refractivity contribution is -0.150. The van der Waals surface area contributed by atoms with E-state index in [1.165, 1.54) is 0 Å². The summed E-state index contributed by atoms with van der Waals surface area (Å²) in [4.78, 5) is 35.5. The van der Waals surface area contributed by atoms with Crippen LogP contribution in [0, 0.1) is 19.3 Å². The second kappa shape index (κ2) is 7.25. The van der Waals surface area contributed by atoms with Crippen LogP contribution in [-0.4, -0.2) is 43.0 Å². The van der Waals surface area contributed by atoms with Crippen molar-refractivity contribution in [3.05, 3.63) is 35.4 Å². The first-order chi connectivity index (χ1) is 14.4. The van der Waals surface area contributed by atoms with E-state index in [1.54, 1.807) is 0 Å². The minimum atomic E-state index is -0.906. The number of rotatable bonds is 4. The normalized spacial score (nSPS) is 24.3. The molecule has 2 aliphatic heterocycles. The van der Waals surface area contributed by atoms with E-state index < -0.39 is 5.41 Å². The minimum absolute atomic E-state index is 0.0510. The van der Waals surface area contributed by atoms with Gasteiger partial charge in [-0.2, -0.15) is 0 Å². The van der Waals surface area contributed by atoms with E-state index in [0.717, 1.165) is 68.2 Å². The Kier molecular flexibility index (Phi) is 4.67. The number of hydrogen-bond donors (Lipinski definition) is 2. The van der Waals surface area contributed by atoms with Crippen LogP contribution in [0.5, 0.6) is 0 Å². The number of nitrogens with one attached hydrogen (secondary N) is 2. The molecule has 30 heavy (non-hydrogen) atoms. The van der Waals surface area contributed by atoms with Crippen molar-refractivity contribution in [3.63, 3.8) is 0 Å². The molecule has 2 aromatic heterocycles. The van der Waals surface area contributed by atoms with E-state index >= 15 is 0 Å². The van der Waals surface area contributed by atoms with Crippen LogP contribution in [0.25, 0.3) is 0 Å². The Morgan fingerprint density at radius 2 is 1.37 bits per heavy atom. The zero-order valence-corrected chi connectivity index (χ0v) is 17.8. The van der Waals surface area contributed by atoms with Crippen LogP contribution in [0.15, 0.2) is 12.4 Å². The molecule has 2 atom stereocenters. The maximum absolute atomic E-state index is 13.2. The summed E-state index contributed by atoms with van der Waals surface area (Å²) in [6.07, 6.45) is 9.70. The van der Waals surface area contributed by atoms with Gasteiger partial charge >= 0.3 is 0 Å². The molecule has 0 bridgehead atoms. The predicted molar refractivity (Wildman–Crippen MR) is 111 cm³/mol. The number of fused-ring (bicyclic) bond motifs is 2. The molecule has 2 aromatic rings. The predicted octanol–water partition coefficient (Wildman–Crippen LogP) is 1.43. The fourth-order valence-corrected chi connectivity index (χ4v) is 5.14. The maximum atomic E-state index is 13.2. The molecule has 5 rings (SSSR count). The third-order valence-electron chi connectivity index (χ3n) is 6.97. The molecular formula is C22H30N6O2. The lowest BCUT2D eigenvalue weighted by atomic mass is 9.67. The third-order valence-corrected chi connectivity index (χ3v) is 6.97. The number of hydrogen-bond acceptors (Lipinski definition) is 4. The van der Waals surface area contributed by atoms with Crippen LogP contribution in [-0.2, 0) is 35.5 Å². The Hall–Kier alpha value is -2.64. The fourth-order valence-electron chi connectivity index (χ4n) is 5.14. The molecule has 2 unspecified atom stereocenters. The van der Waals surface area contributed by atoms with Gasteiger partial charge in [0.2, 0.25) is 11.8 Å². The number of carbonyl (C=O) groups is 2. The van der Waals surface area contributed by atoms with Gasteiger partial charge in [0.1, 0.15) is 17.1 Å². The number of aryl methyl sites for hydroxylation is 4. The summed E-state index contributed by atoms with van der Waals surface area (Å²) < 4.78 is 4.26. The number of nitrogens with zero attached hydrogens (tertiary/aromatic N) is 4. The Balaban J connectivity index is 1.23. The highest BCUT2D eigenvalue weighted by Crippen LogP contribution is 2.42. The summed E-state index contributed by atoms with van der Waals surface area (Å²) in [7, 11) is 0. The molecule has 4 heterocycles. The average Bonchev–Trinajstić information content (AvgIpc) is 3.20. The van der Waals surface area contributed by atoms with Gasteiger partial charge in [0.05, 0.1) is 11.4 Å². The molecule has 0 saturated heterocycles. The van der Waals surface area contributed by atoms with Crippen LogP contribution in [0.4, 0.5) is 0 Å². The second-order valence-corrected chi connectivity index (χ2v) is 9.26. The Morgan fingerprint density at radius 3 is 1.77 bits per heavy atom. The summed E-state index contributed by atoms with van der Waals surface area (Å²) in [6, 6.07) is 0.102. The van der Waals surface area contributed by atoms with E-state index in [9.17, 15) is 9.59 Å². The van der Waals surface area contributed by atoms with E-state index in [4.69, 9.17) is 0 Å². The summed E-state index contributed by atoms with van der Waals surface area (Å²) in [5, 5.41) is 6.37. The van der Waals surface area contributed by atoms with Crippen LogP contribution in [0.3, 0.4) is 0 Å². The monoisotopic (exact) mass is 410 g/mol. The SMILES string of the molecule is Cc1cn2c(n1)CCC(NC(=O)C1(C(=O)NC3CCc4nc(C)cn4C3)CCC1)C2. The van der Waals surface area contributed by atoms with Crippen LogP contribution in [0.1, 0.15) is 55.1 Å². The van der Waals surface area contributed by atoms with E-state index in [0.29, 0.717) is 12.8 Å². The molecule has 8 heteroatoms. The van der Waals surface area contributed by atoms with Crippen molar-refractivity contribution < 1.29 is 9.59 Å². The third kappa shape index (κ3) is 3.32. The van der Waals surface area contributed by atoms with Crippen molar-refractivity contribution in [1.29, 1.82) is 0 Å². The lowest BCUT2D eigenvalue weighted by Crippen LogP contribution is -2.59. The van der Waals surface area contributed by atoms with Gasteiger partial charge in [-0.05, 0) is 39.5 Å². The molecule has 3 aliphatic rings. The Labute approximate surface area is 176 Å². The zero-order valence-electron chi connectivity index (χ0n) is 17.8. The van der Waals surface area contributed by atoms with E-state index in [1.807, 2.05) is 26.2 Å². The highest BCUT2D eigenvalue weighted by atomic mass is 16.2. The highest BCUT2D eigenvalue weighted by Gasteiger charge is 2.51. The van der Waals surface area contributed by atoms with Gasteiger partial charge in [-0.25, -0.2) is 9.97 Å². The minimum Gasteiger partial charge on any atom is -0.351 e. The topological polar surface area (TPSA) is 93.8 Å². The van der Waals surface area contributed by atoms with Gasteiger partial charge in [0.15, 0.2) is 0 Å². The number of carbonyl (C=O) groups excluding carboxylic acids is 2. The molecule has 0 spiro atoms. The summed E-state index contributed by atoms with van der Waals surface area (Å²) in [5.41, 5.74) is 1.11. The van der Waals surface area contributed by atoms with Crippen molar-refractivity contribution in [2.45, 2.75) is 84.0 Å². The van der Waals surface area contributed by atoms with Crippen molar-refractivity contribution in [1.82, 2.24) is 29.7 Å². The first-order valence-corrected chi connectivity index (χ1v) is 11.1. The van der Waals surface area contributed by atoms with Crippen molar-refractivity contribution >= 4 is 11.8 Å². The molecule has 2 N–H and O–H groups in total. The van der Waals surface area contributed by atoms with Crippen molar-refractivity contribution in [2.24, 2.45) is 5.41 Å². The van der Waals surface area contributed by atoms with E-state index in [-0.39, 0.29) is 23.9 Å². The van der Waals surface area contributed by atoms with Crippen LogP contribution in [0.2, 0.25) is 0 Å². The van der Waals surface area contributed by atoms with Gasteiger partial charge in [0, 0.05) is 50.4 Å². The quantitative estimate of drug-likeness (QED) is 0.746. The standard InChI is InChI=1S/C22H30N6O2/c1-14-10-27-12-16(4-6-18(27)23-14)25-20(29)22(8-3-9-22)21(30)26-17-5-7-19-24-15(2)11-28(19)13-17/h10-11,16-17H,3-9,12-13H2,1-2H3,(H,25,29)(H,26,30). The molecule has 8 nitrogen and oxygen atoms in total. The fraction of sp³-hybridized carbons (Fsp3) is 0.636. The van der Waals surface area contributed by atoms with Crippen molar-refractivity contribution in [2.75, 3.05) is 0 Å². The molecule has 1 fully saturated rings. The second-order valence-electron chi connectivity index (χ2n) is 9.26. The number of amides is 2.